The fourth-order valence-corrected chi connectivity index (χ4v) is 1.77. The van der Waals surface area contributed by atoms with Crippen LogP contribution in [0.2, 0.25) is 0 Å². The molecular weight excluding hydrogens is 266 g/mol. The van der Waals surface area contributed by atoms with E-state index in [0.29, 0.717) is 11.3 Å². The summed E-state index contributed by atoms with van der Waals surface area (Å²) in [5, 5.41) is 26.5. The highest BCUT2D eigenvalue weighted by Crippen LogP contribution is 2.10. The molecule has 110 valence electrons. The van der Waals surface area contributed by atoms with Gasteiger partial charge < -0.3 is 15.5 Å². The van der Waals surface area contributed by atoms with Gasteiger partial charge in [0.05, 0.1) is 12.1 Å². The van der Waals surface area contributed by atoms with E-state index in [1.165, 1.54) is 0 Å². The summed E-state index contributed by atoms with van der Waals surface area (Å²) in [7, 11) is 0. The molecule has 1 amide bonds. The van der Waals surface area contributed by atoms with E-state index in [0.717, 1.165) is 5.69 Å². The van der Waals surface area contributed by atoms with E-state index in [4.69, 9.17) is 10.2 Å². The third kappa shape index (κ3) is 4.38. The van der Waals surface area contributed by atoms with Crippen molar-refractivity contribution in [2.24, 2.45) is 0 Å². The van der Waals surface area contributed by atoms with Crippen LogP contribution < -0.4 is 5.32 Å². The molecule has 1 heterocycles. The largest absolute Gasteiger partial charge is 0.481 e. The van der Waals surface area contributed by atoms with Gasteiger partial charge in [-0.2, -0.15) is 5.10 Å². The van der Waals surface area contributed by atoms with Crippen molar-refractivity contribution in [1.82, 2.24) is 15.5 Å². The number of rotatable bonds is 7. The predicted octanol–water partition coefficient (Wildman–Crippen LogP) is 0.00324. The van der Waals surface area contributed by atoms with Gasteiger partial charge in [0.1, 0.15) is 6.04 Å². The second kappa shape index (κ2) is 6.69. The van der Waals surface area contributed by atoms with Crippen LogP contribution in [0.4, 0.5) is 0 Å². The minimum absolute atomic E-state index is 0.00498. The maximum absolute atomic E-state index is 11.8. The lowest BCUT2D eigenvalue weighted by molar-refractivity contribution is -0.143. The van der Waals surface area contributed by atoms with Crippen molar-refractivity contribution in [3.63, 3.8) is 0 Å². The molecule has 0 spiro atoms. The Bertz CT molecular complexity index is 504. The SMILES string of the molecule is Cc1n[nH]c(C)c1CC(=O)NC(CCC(=O)O)C(=O)O. The van der Waals surface area contributed by atoms with Gasteiger partial charge in [-0.15, -0.1) is 0 Å². The molecule has 0 saturated carbocycles. The van der Waals surface area contributed by atoms with Crippen LogP contribution in [0.5, 0.6) is 0 Å². The molecular formula is C12H17N3O5. The number of carbonyl (C=O) groups is 3. The second-order valence-electron chi connectivity index (χ2n) is 4.48. The van der Waals surface area contributed by atoms with Crippen LogP contribution in [0.15, 0.2) is 0 Å². The first-order chi connectivity index (χ1) is 9.31. The van der Waals surface area contributed by atoms with Crippen molar-refractivity contribution in [1.29, 1.82) is 0 Å². The average Bonchev–Trinajstić information content (AvgIpc) is 2.65. The molecule has 0 aromatic carbocycles. The average molecular weight is 283 g/mol. The number of amides is 1. The number of carbonyl (C=O) groups excluding carboxylic acids is 1. The fourth-order valence-electron chi connectivity index (χ4n) is 1.77. The molecule has 1 unspecified atom stereocenters. The quantitative estimate of drug-likeness (QED) is 0.557. The zero-order valence-electron chi connectivity index (χ0n) is 11.3. The molecule has 0 fully saturated rings. The minimum Gasteiger partial charge on any atom is -0.481 e. The van der Waals surface area contributed by atoms with Crippen LogP contribution >= 0.6 is 0 Å². The monoisotopic (exact) mass is 283 g/mol. The highest BCUT2D eigenvalue weighted by molar-refractivity contribution is 5.85. The number of carboxylic acid groups (broad SMARTS) is 2. The maximum atomic E-state index is 11.8. The van der Waals surface area contributed by atoms with Gasteiger partial charge in [-0.25, -0.2) is 4.79 Å². The summed E-state index contributed by atoms with van der Waals surface area (Å²) < 4.78 is 0. The molecule has 0 aliphatic heterocycles. The van der Waals surface area contributed by atoms with Gasteiger partial charge in [-0.1, -0.05) is 0 Å². The van der Waals surface area contributed by atoms with Gasteiger partial charge in [-0.3, -0.25) is 14.7 Å². The zero-order valence-corrected chi connectivity index (χ0v) is 11.3. The number of nitrogens with one attached hydrogen (secondary N) is 2. The summed E-state index contributed by atoms with van der Waals surface area (Å²) in [6.45, 7) is 3.51. The Morgan fingerprint density at radius 1 is 1.30 bits per heavy atom. The second-order valence-corrected chi connectivity index (χ2v) is 4.48. The van der Waals surface area contributed by atoms with Gasteiger partial charge in [0.25, 0.3) is 0 Å². The Labute approximate surface area is 115 Å². The number of aryl methyl sites for hydroxylation is 2. The number of aliphatic carboxylic acids is 2. The zero-order chi connectivity index (χ0) is 15.3. The number of aromatic amines is 1. The Balaban J connectivity index is 2.62. The standard InChI is InChI=1S/C12H17N3O5/c1-6-8(7(2)15-14-6)5-10(16)13-9(12(19)20)3-4-11(17)18/h9H,3-5H2,1-2H3,(H,13,16)(H,14,15)(H,17,18)(H,19,20). The summed E-state index contributed by atoms with van der Waals surface area (Å²) in [6, 6.07) is -1.20. The highest BCUT2D eigenvalue weighted by atomic mass is 16.4. The molecule has 1 aromatic heterocycles. The van der Waals surface area contributed by atoms with E-state index in [1.807, 2.05) is 0 Å². The van der Waals surface area contributed by atoms with E-state index in [-0.39, 0.29) is 19.3 Å². The summed E-state index contributed by atoms with van der Waals surface area (Å²) in [5.41, 5.74) is 2.13. The normalized spacial score (nSPS) is 11.9. The van der Waals surface area contributed by atoms with E-state index in [1.54, 1.807) is 13.8 Å². The van der Waals surface area contributed by atoms with E-state index < -0.39 is 23.9 Å². The van der Waals surface area contributed by atoms with Crippen LogP contribution in [-0.2, 0) is 20.8 Å². The molecule has 0 aliphatic carbocycles. The van der Waals surface area contributed by atoms with Crippen LogP contribution in [0.3, 0.4) is 0 Å². The van der Waals surface area contributed by atoms with Crippen molar-refractivity contribution >= 4 is 17.8 Å². The lowest BCUT2D eigenvalue weighted by Gasteiger charge is -2.13. The number of aromatic nitrogens is 2. The lowest BCUT2D eigenvalue weighted by Crippen LogP contribution is -2.41. The predicted molar refractivity (Wildman–Crippen MR) is 68.2 cm³/mol. The van der Waals surface area contributed by atoms with E-state index >= 15 is 0 Å². The van der Waals surface area contributed by atoms with Crippen molar-refractivity contribution in [3.05, 3.63) is 17.0 Å². The molecule has 1 atom stereocenters. The molecule has 0 radical (unpaired) electrons. The van der Waals surface area contributed by atoms with Gasteiger partial charge >= 0.3 is 11.9 Å². The van der Waals surface area contributed by atoms with Gasteiger partial charge in [0.15, 0.2) is 0 Å². The lowest BCUT2D eigenvalue weighted by atomic mass is 10.1. The smallest absolute Gasteiger partial charge is 0.326 e. The minimum atomic E-state index is -1.25. The van der Waals surface area contributed by atoms with E-state index in [9.17, 15) is 14.4 Å². The van der Waals surface area contributed by atoms with Gasteiger partial charge in [0, 0.05) is 17.7 Å². The number of hydrogen-bond acceptors (Lipinski definition) is 4. The van der Waals surface area contributed by atoms with Crippen LogP contribution in [-0.4, -0.2) is 44.3 Å². The third-order valence-corrected chi connectivity index (χ3v) is 2.90. The van der Waals surface area contributed by atoms with Crippen molar-refractivity contribution < 1.29 is 24.6 Å². The van der Waals surface area contributed by atoms with Gasteiger partial charge in [0.2, 0.25) is 5.91 Å². The Morgan fingerprint density at radius 3 is 2.40 bits per heavy atom. The Hall–Kier alpha value is -2.38. The maximum Gasteiger partial charge on any atom is 0.326 e. The molecule has 0 bridgehead atoms. The number of carboxylic acids is 2. The van der Waals surface area contributed by atoms with Gasteiger partial charge in [-0.05, 0) is 20.3 Å². The van der Waals surface area contributed by atoms with Crippen LogP contribution in [0.25, 0.3) is 0 Å². The first-order valence-corrected chi connectivity index (χ1v) is 6.05. The Kier molecular flexibility index (Phi) is 5.24. The highest BCUT2D eigenvalue weighted by Gasteiger charge is 2.22. The number of hydrogen-bond donors (Lipinski definition) is 4. The summed E-state index contributed by atoms with van der Waals surface area (Å²) in [4.78, 5) is 33.2. The Morgan fingerprint density at radius 2 is 1.95 bits per heavy atom. The number of H-pyrrole nitrogens is 1. The third-order valence-electron chi connectivity index (χ3n) is 2.90. The topological polar surface area (TPSA) is 132 Å². The van der Waals surface area contributed by atoms with Crippen LogP contribution in [0.1, 0.15) is 29.8 Å². The first-order valence-electron chi connectivity index (χ1n) is 6.05. The van der Waals surface area contributed by atoms with E-state index in [2.05, 4.69) is 15.5 Å². The van der Waals surface area contributed by atoms with Crippen molar-refractivity contribution in [2.75, 3.05) is 0 Å². The number of nitrogens with zero attached hydrogens (tertiary/aromatic N) is 1. The molecule has 1 aromatic rings. The van der Waals surface area contributed by atoms with Crippen LogP contribution in [0, 0.1) is 13.8 Å². The van der Waals surface area contributed by atoms with Crippen molar-refractivity contribution in [3.8, 4) is 0 Å². The molecule has 8 nitrogen and oxygen atoms in total. The first kappa shape index (κ1) is 15.7. The summed E-state index contributed by atoms with van der Waals surface area (Å²) in [5.74, 6) is -2.83. The molecule has 20 heavy (non-hydrogen) atoms. The summed E-state index contributed by atoms with van der Waals surface area (Å²) >= 11 is 0. The fraction of sp³-hybridized carbons (Fsp3) is 0.500. The summed E-state index contributed by atoms with van der Waals surface area (Å²) in [6.07, 6.45) is -0.466. The molecule has 0 aliphatic rings. The molecule has 8 heteroatoms. The van der Waals surface area contributed by atoms with Crippen molar-refractivity contribution in [2.45, 2.75) is 39.2 Å². The molecule has 1 rings (SSSR count). The molecule has 4 N–H and O–H groups in total. The molecule has 0 saturated heterocycles.